The molecular weight excluding hydrogens is 1600 g/mol. The third-order valence-electron chi connectivity index (χ3n) is 20.5. The molecule has 3 aromatic carbocycles. The number of aryl methyl sites for hydroxylation is 1. The molecule has 0 radical (unpaired) electrons. The second-order valence-corrected chi connectivity index (χ2v) is 31.3. The first kappa shape index (κ1) is 90.5. The van der Waals surface area contributed by atoms with E-state index in [1.54, 1.807) is 10.2 Å². The molecule has 0 spiro atoms. The summed E-state index contributed by atoms with van der Waals surface area (Å²) in [6, 6.07) is 3.68. The topological polar surface area (TPSA) is 387 Å². The summed E-state index contributed by atoms with van der Waals surface area (Å²) < 4.78 is 200. The van der Waals surface area contributed by atoms with E-state index >= 15 is 35.1 Å². The number of methoxy groups -OCH3 is 2. The van der Waals surface area contributed by atoms with Gasteiger partial charge in [0.15, 0.2) is 0 Å². The molecular formula is C74H88F10N13O19P. The zero-order valence-corrected chi connectivity index (χ0v) is 65.6. The molecule has 0 aliphatic carbocycles. The van der Waals surface area contributed by atoms with E-state index in [1.807, 2.05) is 10.7 Å². The molecule has 2 aromatic heterocycles. The molecule has 4 aliphatic heterocycles. The van der Waals surface area contributed by atoms with Crippen LogP contribution in [0.1, 0.15) is 106 Å². The van der Waals surface area contributed by atoms with Gasteiger partial charge in [0.25, 0.3) is 5.91 Å². The van der Waals surface area contributed by atoms with Crippen LogP contribution in [-0.4, -0.2) is 244 Å². The highest BCUT2D eigenvalue weighted by Crippen LogP contribution is 2.47. The van der Waals surface area contributed by atoms with Gasteiger partial charge in [0.05, 0.1) is 87.5 Å². The first-order chi connectivity index (χ1) is 54.7. The number of fused-ring (bicyclic) bond motifs is 2. The number of carbonyl (C=O) groups is 8. The van der Waals surface area contributed by atoms with Crippen molar-refractivity contribution in [2.45, 2.75) is 154 Å². The first-order valence-corrected chi connectivity index (χ1v) is 37.9. The van der Waals surface area contributed by atoms with Crippen molar-refractivity contribution < 1.29 is 135 Å². The van der Waals surface area contributed by atoms with Gasteiger partial charge in [0, 0.05) is 104 Å². The lowest BCUT2D eigenvalue weighted by Crippen LogP contribution is -2.64. The van der Waals surface area contributed by atoms with Gasteiger partial charge in [0.1, 0.15) is 35.6 Å². The highest BCUT2D eigenvalue weighted by molar-refractivity contribution is 7.46. The van der Waals surface area contributed by atoms with Gasteiger partial charge >= 0.3 is 57.0 Å². The van der Waals surface area contributed by atoms with Crippen LogP contribution in [-0.2, 0) is 81.8 Å². The van der Waals surface area contributed by atoms with E-state index in [4.69, 9.17) is 23.5 Å². The zero-order valence-electron chi connectivity index (χ0n) is 64.7. The largest absolute Gasteiger partial charge is 0.524 e. The summed E-state index contributed by atoms with van der Waals surface area (Å²) in [7, 11) is -3.96. The number of carbonyl (C=O) groups excluding carboxylic acids is 7. The number of hydrazine groups is 1. The molecule has 5 aromatic rings. The number of aliphatic carboxylic acids is 1. The number of hydrogen-bond acceptors (Lipinski definition) is 23. The summed E-state index contributed by atoms with van der Waals surface area (Å²) in [5, 5.41) is 19.2. The van der Waals surface area contributed by atoms with Crippen LogP contribution in [0, 0.1) is 41.2 Å². The van der Waals surface area contributed by atoms with Gasteiger partial charge in [0.2, 0.25) is 24.6 Å². The van der Waals surface area contributed by atoms with E-state index in [0.717, 1.165) is 32.2 Å². The Morgan fingerprint density at radius 2 is 1.32 bits per heavy atom. The molecule has 32 nitrogen and oxygen atoms in total. The normalized spacial score (nSPS) is 17.5. The van der Waals surface area contributed by atoms with Gasteiger partial charge in [-0.1, -0.05) is 43.9 Å². The van der Waals surface area contributed by atoms with Gasteiger partial charge < -0.3 is 63.8 Å². The smallest absolute Gasteiger partial charge is 0.480 e. The second kappa shape index (κ2) is 37.4. The summed E-state index contributed by atoms with van der Waals surface area (Å²) in [6.45, 7) is 1.67. The second-order valence-electron chi connectivity index (χ2n) is 30.1. The molecule has 4 aliphatic rings. The maximum atomic E-state index is 16.8. The fraction of sp³-hybridized carbons (Fsp3) is 0.527. The van der Waals surface area contributed by atoms with Gasteiger partial charge in [-0.2, -0.15) is 40.2 Å². The predicted molar refractivity (Wildman–Crippen MR) is 389 cm³/mol. The molecule has 638 valence electrons. The predicted octanol–water partition coefficient (Wildman–Crippen LogP) is 7.59. The summed E-state index contributed by atoms with van der Waals surface area (Å²) in [5.74, 6) is -3.76. The number of alkyl carbamates (subject to hydrolysis) is 2. The van der Waals surface area contributed by atoms with Crippen LogP contribution in [0.3, 0.4) is 0 Å². The molecule has 6 heterocycles. The number of phosphoric ester groups is 1. The molecule has 9 rings (SSSR count). The number of carboxylic acids is 1. The van der Waals surface area contributed by atoms with Crippen molar-refractivity contribution in [3.63, 3.8) is 0 Å². The minimum Gasteiger partial charge on any atom is -0.480 e. The van der Waals surface area contributed by atoms with Gasteiger partial charge in [-0.25, -0.2) is 47.4 Å². The molecule has 4 saturated heterocycles. The first-order valence-electron chi connectivity index (χ1n) is 36.4. The summed E-state index contributed by atoms with van der Waals surface area (Å²) in [4.78, 5) is 146. The van der Waals surface area contributed by atoms with Crippen LogP contribution in [0.25, 0.3) is 11.3 Å². The fourth-order valence-corrected chi connectivity index (χ4v) is 14.4. The number of esters is 1. The maximum Gasteiger partial charge on any atom is 0.524 e. The van der Waals surface area contributed by atoms with E-state index in [0.29, 0.717) is 113 Å². The summed E-state index contributed by atoms with van der Waals surface area (Å²) in [6.07, 6.45) is -14.6. The SMILES string of the molecule is COC(=O)N[C@H](C(=O)N[C@@H](Cc1ccc(C#Cc2cnc(N3CC4CCC(C3)N4C3COC3)nc2)cc1)[C@H](CN(Cc1c(F)cc(-c2ccn(C(F)F)n2)cc1F)NC(=O)[C@@H](NC(=O)OC)C(C)(C)C(F)(F)F)OC(=O)OCOC(=O)CC(C)(C)c1c(CC(=O)N2CCN(CC(=O)O)CC2)cc(C)cc1OP(=O)(O)O)C(C)(C)C(F)(F)F. The van der Waals surface area contributed by atoms with Crippen LogP contribution in [0.5, 0.6) is 5.75 Å². The van der Waals surface area contributed by atoms with Crippen molar-refractivity contribution in [1.29, 1.82) is 0 Å². The number of carboxylic acid groups (broad SMARTS) is 1. The number of ether oxygens (including phenoxy) is 6. The molecule has 2 bridgehead atoms. The van der Waals surface area contributed by atoms with E-state index < -0.39 is 189 Å². The number of nitrogens with zero attached hydrogens (tertiary/aromatic N) is 9. The minimum atomic E-state index is -5.42. The molecule has 0 saturated carbocycles. The van der Waals surface area contributed by atoms with Crippen LogP contribution in [0.4, 0.5) is 64.2 Å². The van der Waals surface area contributed by atoms with E-state index in [9.17, 15) is 66.6 Å². The van der Waals surface area contributed by atoms with Crippen molar-refractivity contribution >= 4 is 61.8 Å². The average molecular weight is 1680 g/mol. The Morgan fingerprint density at radius 3 is 1.84 bits per heavy atom. The third-order valence-corrected chi connectivity index (χ3v) is 20.9. The average Bonchev–Trinajstić information content (AvgIpc) is 1.75. The van der Waals surface area contributed by atoms with Crippen molar-refractivity contribution in [3.8, 4) is 28.8 Å². The van der Waals surface area contributed by atoms with Crippen molar-refractivity contribution in [3.05, 3.63) is 124 Å². The minimum absolute atomic E-state index is 0.0570. The standard InChI is InChI=1S/C74H88F10N13O19P/c1-41-24-46(29-57(98)93-22-20-92(21-23-93)37-58(99)100)60(55(25-41)116-117(107,108)109)70(2,3)30-59(101)113-40-114-69(106)115-56(36-95(91-64(103)62(89-68(105)111-9)72(6,7)74(82,83)84)35-50-51(75)27-45(28-52(50)76)53-18-19-96(90-53)65(77)78)54(87-63(102)61(88-67(104)110-8)71(4,5)73(79,80)81)26-43-13-10-42(11-14-43)12-15-44-31-85-66(86-32-44)94-33-47-16-17-48(34-94)97(47)49-38-112-39-49/h10-11,13-14,18-19,24-25,27-28,31-32,47-49,54,56,61-62,65H,16-17,20-23,26,29-30,33-40H2,1-9H3,(H,87,102)(H,88,104)(H,89,105)(H,91,103)(H,99,100)(H2,107,108,109)/t47?,48?,54-,56-,61+,62+/m0/s1. The third kappa shape index (κ3) is 23.3. The fourth-order valence-electron chi connectivity index (χ4n) is 14.0. The number of hydrogen-bond donors (Lipinski definition) is 7. The molecule has 7 N–H and O–H groups in total. The molecule has 5 amide bonds. The number of phosphoric acid groups is 1. The molecule has 43 heteroatoms. The van der Waals surface area contributed by atoms with Crippen molar-refractivity contribution in [2.75, 3.05) is 91.5 Å². The monoisotopic (exact) mass is 1680 g/mol. The number of benzene rings is 3. The molecule has 2 unspecified atom stereocenters. The Hall–Kier alpha value is -10.4. The van der Waals surface area contributed by atoms with Gasteiger partial charge in [-0.15, -0.1) is 0 Å². The lowest BCUT2D eigenvalue weighted by atomic mass is 9.77. The summed E-state index contributed by atoms with van der Waals surface area (Å²) in [5.41, 5.74) is -7.19. The molecule has 6 atom stereocenters. The van der Waals surface area contributed by atoms with Gasteiger partial charge in [-0.05, 0) is 107 Å². The summed E-state index contributed by atoms with van der Waals surface area (Å²) >= 11 is 0. The highest BCUT2D eigenvalue weighted by atomic mass is 31.2. The van der Waals surface area contributed by atoms with Crippen LogP contribution in [0.15, 0.2) is 73.2 Å². The van der Waals surface area contributed by atoms with Crippen molar-refractivity contribution in [2.24, 2.45) is 10.8 Å². The van der Waals surface area contributed by atoms with Crippen LogP contribution >= 0.6 is 7.82 Å². The number of alkyl halides is 8. The Bertz CT molecular complexity index is 4510. The Balaban J connectivity index is 1.08. The Labute approximate surface area is 663 Å². The van der Waals surface area contributed by atoms with Crippen molar-refractivity contribution in [1.82, 2.24) is 60.8 Å². The Kier molecular flexibility index (Phi) is 29.0. The quantitative estimate of drug-likeness (QED) is 0.00427. The van der Waals surface area contributed by atoms with Gasteiger partial charge in [-0.3, -0.25) is 49.0 Å². The van der Waals surface area contributed by atoms with E-state index in [-0.39, 0.29) is 59.7 Å². The molecule has 117 heavy (non-hydrogen) atoms. The molecule has 4 fully saturated rings. The van der Waals surface area contributed by atoms with E-state index in [2.05, 4.69) is 51.5 Å². The maximum absolute atomic E-state index is 16.8. The number of rotatable bonds is 31. The van der Waals surface area contributed by atoms with E-state index in [1.165, 1.54) is 74.5 Å². The Morgan fingerprint density at radius 1 is 0.744 bits per heavy atom. The number of aromatic nitrogens is 4. The zero-order chi connectivity index (χ0) is 86.0. The van der Waals surface area contributed by atoms with Crippen LogP contribution < -0.4 is 30.8 Å². The lowest BCUT2D eigenvalue weighted by molar-refractivity contribution is -0.221. The number of amides is 5. The number of anilines is 1. The number of halogens is 10. The lowest BCUT2D eigenvalue weighted by Gasteiger charge is -2.47. The number of piperazine rings is 2. The highest BCUT2D eigenvalue weighted by Gasteiger charge is 2.58. The number of nitrogens with one attached hydrogen (secondary N) is 4. The van der Waals surface area contributed by atoms with Crippen LogP contribution in [0.2, 0.25) is 0 Å².